The standard InChI is InChI=1S/C19H19ClN4O4/c1-11-18(22-23-24(11)14-7-5-6-8-15(14)26-2)19(25)21-13-9-12(20)16(27-3)10-17(13)28-4/h5-10H,1-4H3,(H,21,25). The number of anilines is 1. The van der Waals surface area contributed by atoms with Crippen LogP contribution in [0.5, 0.6) is 17.2 Å². The van der Waals surface area contributed by atoms with Gasteiger partial charge in [0.05, 0.1) is 37.7 Å². The van der Waals surface area contributed by atoms with E-state index in [1.54, 1.807) is 36.9 Å². The summed E-state index contributed by atoms with van der Waals surface area (Å²) < 4.78 is 17.4. The van der Waals surface area contributed by atoms with E-state index < -0.39 is 5.91 Å². The second-order valence-electron chi connectivity index (χ2n) is 5.75. The SMILES string of the molecule is COc1cc(OC)c(NC(=O)c2nnn(-c3ccccc3OC)c2C)cc1Cl. The number of halogens is 1. The van der Waals surface area contributed by atoms with Crippen LogP contribution in [0.3, 0.4) is 0 Å². The lowest BCUT2D eigenvalue weighted by molar-refractivity contribution is 0.102. The Morgan fingerprint density at radius 3 is 2.39 bits per heavy atom. The summed E-state index contributed by atoms with van der Waals surface area (Å²) in [5.41, 5.74) is 1.80. The molecule has 0 unspecified atom stereocenters. The monoisotopic (exact) mass is 402 g/mol. The number of nitrogens with one attached hydrogen (secondary N) is 1. The zero-order valence-electron chi connectivity index (χ0n) is 15.8. The first-order chi connectivity index (χ1) is 13.5. The highest BCUT2D eigenvalue weighted by atomic mass is 35.5. The van der Waals surface area contributed by atoms with Gasteiger partial charge in [-0.2, -0.15) is 0 Å². The average Bonchev–Trinajstić information content (AvgIpc) is 3.09. The zero-order valence-corrected chi connectivity index (χ0v) is 16.6. The van der Waals surface area contributed by atoms with Crippen molar-refractivity contribution in [3.63, 3.8) is 0 Å². The van der Waals surface area contributed by atoms with Crippen molar-refractivity contribution in [2.45, 2.75) is 6.92 Å². The summed E-state index contributed by atoms with van der Waals surface area (Å²) in [6, 6.07) is 10.5. The first kappa shape index (κ1) is 19.5. The topological polar surface area (TPSA) is 87.5 Å². The molecule has 8 nitrogen and oxygen atoms in total. The van der Waals surface area contributed by atoms with E-state index in [-0.39, 0.29) is 5.69 Å². The van der Waals surface area contributed by atoms with Gasteiger partial charge in [-0.15, -0.1) is 5.10 Å². The highest BCUT2D eigenvalue weighted by Crippen LogP contribution is 2.36. The third-order valence-corrected chi connectivity index (χ3v) is 4.44. The normalized spacial score (nSPS) is 10.5. The van der Waals surface area contributed by atoms with E-state index in [0.717, 1.165) is 0 Å². The number of carbonyl (C=O) groups is 1. The van der Waals surface area contributed by atoms with Crippen molar-refractivity contribution in [1.82, 2.24) is 15.0 Å². The van der Waals surface area contributed by atoms with E-state index in [4.69, 9.17) is 25.8 Å². The molecule has 0 radical (unpaired) electrons. The Kier molecular flexibility index (Phi) is 5.70. The molecule has 0 aliphatic carbocycles. The molecule has 1 amide bonds. The quantitative estimate of drug-likeness (QED) is 0.678. The summed E-state index contributed by atoms with van der Waals surface area (Å²) in [6.45, 7) is 1.75. The second-order valence-corrected chi connectivity index (χ2v) is 6.16. The molecular weight excluding hydrogens is 384 g/mol. The molecule has 3 aromatic rings. The van der Waals surface area contributed by atoms with Crippen LogP contribution in [0.4, 0.5) is 5.69 Å². The number of carbonyl (C=O) groups excluding carboxylic acids is 1. The van der Waals surface area contributed by atoms with Crippen molar-refractivity contribution in [2.24, 2.45) is 0 Å². The second kappa shape index (κ2) is 8.18. The zero-order chi connectivity index (χ0) is 20.3. The Morgan fingerprint density at radius 2 is 1.71 bits per heavy atom. The highest BCUT2D eigenvalue weighted by molar-refractivity contribution is 6.32. The number of ether oxygens (including phenoxy) is 3. The third-order valence-electron chi connectivity index (χ3n) is 4.15. The number of hydrogen-bond donors (Lipinski definition) is 1. The number of hydrogen-bond acceptors (Lipinski definition) is 6. The Labute approximate surface area is 167 Å². The minimum absolute atomic E-state index is 0.167. The summed E-state index contributed by atoms with van der Waals surface area (Å²) in [6.07, 6.45) is 0. The number of benzene rings is 2. The van der Waals surface area contributed by atoms with E-state index in [9.17, 15) is 4.79 Å². The van der Waals surface area contributed by atoms with Crippen molar-refractivity contribution < 1.29 is 19.0 Å². The molecule has 0 spiro atoms. The van der Waals surface area contributed by atoms with Gasteiger partial charge in [-0.3, -0.25) is 4.79 Å². The maximum Gasteiger partial charge on any atom is 0.278 e. The Balaban J connectivity index is 1.93. The summed E-state index contributed by atoms with van der Waals surface area (Å²) in [5, 5.41) is 11.2. The number of para-hydroxylation sites is 2. The van der Waals surface area contributed by atoms with Crippen LogP contribution < -0.4 is 19.5 Å². The maximum atomic E-state index is 12.8. The molecule has 0 fully saturated rings. The lowest BCUT2D eigenvalue weighted by Crippen LogP contribution is -2.15. The van der Waals surface area contributed by atoms with Gasteiger partial charge >= 0.3 is 0 Å². The van der Waals surface area contributed by atoms with Crippen LogP contribution >= 0.6 is 11.6 Å². The van der Waals surface area contributed by atoms with Gasteiger partial charge in [0.15, 0.2) is 5.69 Å². The molecule has 9 heteroatoms. The first-order valence-electron chi connectivity index (χ1n) is 8.28. The van der Waals surface area contributed by atoms with Crippen LogP contribution in [0.1, 0.15) is 16.2 Å². The maximum absolute atomic E-state index is 12.8. The molecule has 146 valence electrons. The number of amides is 1. The summed E-state index contributed by atoms with van der Waals surface area (Å²) in [5.74, 6) is 1.02. The smallest absolute Gasteiger partial charge is 0.278 e. The third kappa shape index (κ3) is 3.59. The molecule has 1 aromatic heterocycles. The van der Waals surface area contributed by atoms with Crippen LogP contribution in [0.2, 0.25) is 5.02 Å². The molecule has 2 aromatic carbocycles. The van der Waals surface area contributed by atoms with E-state index >= 15 is 0 Å². The highest BCUT2D eigenvalue weighted by Gasteiger charge is 2.21. The van der Waals surface area contributed by atoms with Crippen molar-refractivity contribution in [2.75, 3.05) is 26.6 Å². The predicted molar refractivity (Wildman–Crippen MR) is 105 cm³/mol. The van der Waals surface area contributed by atoms with Gasteiger partial charge < -0.3 is 19.5 Å². The van der Waals surface area contributed by atoms with Gasteiger partial charge in [0.1, 0.15) is 22.9 Å². The molecule has 3 rings (SSSR count). The minimum atomic E-state index is -0.446. The fourth-order valence-corrected chi connectivity index (χ4v) is 2.95. The minimum Gasteiger partial charge on any atom is -0.495 e. The summed E-state index contributed by atoms with van der Waals surface area (Å²) >= 11 is 6.16. The molecule has 1 N–H and O–H groups in total. The van der Waals surface area contributed by atoms with Crippen molar-refractivity contribution in [3.05, 3.63) is 52.8 Å². The van der Waals surface area contributed by atoms with Gasteiger partial charge in [-0.05, 0) is 25.1 Å². The lowest BCUT2D eigenvalue weighted by Gasteiger charge is -2.13. The average molecular weight is 403 g/mol. The molecule has 0 atom stereocenters. The molecule has 0 aliphatic heterocycles. The van der Waals surface area contributed by atoms with E-state index in [0.29, 0.717) is 39.3 Å². The number of aromatic nitrogens is 3. The van der Waals surface area contributed by atoms with Crippen molar-refractivity contribution in [1.29, 1.82) is 0 Å². The van der Waals surface area contributed by atoms with Gasteiger partial charge in [0.2, 0.25) is 0 Å². The number of nitrogens with zero attached hydrogens (tertiary/aromatic N) is 3. The van der Waals surface area contributed by atoms with Crippen molar-refractivity contribution >= 4 is 23.2 Å². The van der Waals surface area contributed by atoms with Crippen molar-refractivity contribution in [3.8, 4) is 22.9 Å². The molecule has 0 saturated carbocycles. The van der Waals surface area contributed by atoms with E-state index in [1.807, 2.05) is 18.2 Å². The Hall–Kier alpha value is -3.26. The largest absolute Gasteiger partial charge is 0.495 e. The molecule has 0 bridgehead atoms. The molecule has 28 heavy (non-hydrogen) atoms. The van der Waals surface area contributed by atoms with Crippen LogP contribution in [-0.2, 0) is 0 Å². The Bertz CT molecular complexity index is 1020. The number of rotatable bonds is 6. The van der Waals surface area contributed by atoms with Crippen LogP contribution in [0.25, 0.3) is 5.69 Å². The molecule has 1 heterocycles. The lowest BCUT2D eigenvalue weighted by atomic mass is 10.2. The van der Waals surface area contributed by atoms with Crippen LogP contribution in [0, 0.1) is 6.92 Å². The fraction of sp³-hybridized carbons (Fsp3) is 0.211. The van der Waals surface area contributed by atoms with Gasteiger partial charge in [-0.25, -0.2) is 4.68 Å². The molecule has 0 aliphatic rings. The molecular formula is C19H19ClN4O4. The van der Waals surface area contributed by atoms with Gasteiger partial charge in [0, 0.05) is 6.07 Å². The van der Waals surface area contributed by atoms with Gasteiger partial charge in [-0.1, -0.05) is 28.9 Å². The number of methoxy groups -OCH3 is 3. The fourth-order valence-electron chi connectivity index (χ4n) is 2.71. The van der Waals surface area contributed by atoms with Crippen LogP contribution in [-0.4, -0.2) is 42.2 Å². The molecule has 0 saturated heterocycles. The van der Waals surface area contributed by atoms with E-state index in [1.165, 1.54) is 14.2 Å². The summed E-state index contributed by atoms with van der Waals surface area (Å²) in [4.78, 5) is 12.8. The van der Waals surface area contributed by atoms with E-state index in [2.05, 4.69) is 15.6 Å². The Morgan fingerprint density at radius 1 is 1.04 bits per heavy atom. The summed E-state index contributed by atoms with van der Waals surface area (Å²) in [7, 11) is 4.55. The first-order valence-corrected chi connectivity index (χ1v) is 8.66. The predicted octanol–water partition coefficient (Wildman–Crippen LogP) is 3.51. The van der Waals surface area contributed by atoms with Gasteiger partial charge in [0.25, 0.3) is 5.91 Å². The van der Waals surface area contributed by atoms with Crippen LogP contribution in [0.15, 0.2) is 36.4 Å².